The molecule has 0 aromatic heterocycles. The van der Waals surface area contributed by atoms with E-state index in [1.807, 2.05) is 13.8 Å². The first-order chi connectivity index (χ1) is 12.2. The summed E-state index contributed by atoms with van der Waals surface area (Å²) in [4.78, 5) is 30.6. The Morgan fingerprint density at radius 3 is 2.28 bits per heavy atom. The molecule has 0 N–H and O–H groups in total. The zero-order chi connectivity index (χ0) is 17.8. The van der Waals surface area contributed by atoms with E-state index < -0.39 is 0 Å². The highest BCUT2D eigenvalue weighted by Gasteiger charge is 2.37. The van der Waals surface area contributed by atoms with E-state index in [0.29, 0.717) is 41.5 Å². The minimum atomic E-state index is -0.355. The lowest BCUT2D eigenvalue weighted by Gasteiger charge is -2.18. The van der Waals surface area contributed by atoms with Crippen molar-refractivity contribution in [1.82, 2.24) is 0 Å². The van der Waals surface area contributed by atoms with Gasteiger partial charge in [0.15, 0.2) is 6.40 Å². The van der Waals surface area contributed by atoms with E-state index in [9.17, 15) is 9.59 Å². The van der Waals surface area contributed by atoms with Crippen LogP contribution in [0.2, 0.25) is 0 Å². The number of fused-ring (bicyclic) bond motifs is 1. The van der Waals surface area contributed by atoms with Crippen LogP contribution in [-0.2, 0) is 4.74 Å². The third-order valence-corrected chi connectivity index (χ3v) is 3.72. The number of aliphatic imine (C=N–C) groups is 1. The van der Waals surface area contributed by atoms with Crippen LogP contribution in [-0.4, -0.2) is 31.4 Å². The van der Waals surface area contributed by atoms with Gasteiger partial charge in [-0.1, -0.05) is 12.1 Å². The van der Waals surface area contributed by atoms with Gasteiger partial charge >= 0.3 is 0 Å². The third-order valence-electron chi connectivity index (χ3n) is 3.72. The smallest absolute Gasteiger partial charge is 0.266 e. The Labute approximate surface area is 145 Å². The van der Waals surface area contributed by atoms with E-state index in [2.05, 4.69) is 4.99 Å². The highest BCUT2D eigenvalue weighted by atomic mass is 16.5. The molecule has 0 bridgehead atoms. The van der Waals surface area contributed by atoms with Crippen molar-refractivity contribution in [3.8, 4) is 5.75 Å². The quantitative estimate of drug-likeness (QED) is 0.459. The van der Waals surface area contributed by atoms with Crippen LogP contribution in [0.1, 0.15) is 34.6 Å². The molecule has 0 radical (unpaired) electrons. The third kappa shape index (κ3) is 3.10. The molecule has 1 aliphatic heterocycles. The monoisotopic (exact) mass is 338 g/mol. The standard InChI is InChI=1S/C19H18N2O4/c1-3-24-12-20-13-9-10-16(17(11-13)25-4-2)21-18(22)14-7-5-6-8-15(14)19(21)23/h5-12H,3-4H2,1-2H3. The Morgan fingerprint density at radius 2 is 1.68 bits per heavy atom. The molecule has 0 aliphatic carbocycles. The Hall–Kier alpha value is -3.15. The SMILES string of the molecule is CCOC=Nc1ccc(N2C(=O)c3ccccc3C2=O)c(OCC)c1. The first-order valence-corrected chi connectivity index (χ1v) is 8.06. The number of rotatable bonds is 6. The van der Waals surface area contributed by atoms with Gasteiger partial charge in [-0.2, -0.15) is 0 Å². The van der Waals surface area contributed by atoms with E-state index in [-0.39, 0.29) is 11.8 Å². The van der Waals surface area contributed by atoms with Gasteiger partial charge in [-0.05, 0) is 38.1 Å². The molecule has 6 nitrogen and oxygen atoms in total. The van der Waals surface area contributed by atoms with Crippen LogP contribution in [0.3, 0.4) is 0 Å². The van der Waals surface area contributed by atoms with Crippen molar-refractivity contribution in [3.05, 3.63) is 53.6 Å². The Morgan fingerprint density at radius 1 is 1.00 bits per heavy atom. The zero-order valence-electron chi connectivity index (χ0n) is 14.1. The molecule has 1 aliphatic rings. The van der Waals surface area contributed by atoms with Crippen LogP contribution in [0.5, 0.6) is 5.75 Å². The summed E-state index contributed by atoms with van der Waals surface area (Å²) in [7, 11) is 0. The second-order valence-electron chi connectivity index (χ2n) is 5.27. The van der Waals surface area contributed by atoms with E-state index >= 15 is 0 Å². The average molecular weight is 338 g/mol. The van der Waals surface area contributed by atoms with Gasteiger partial charge in [0.2, 0.25) is 0 Å². The summed E-state index contributed by atoms with van der Waals surface area (Å²) in [5.74, 6) is -0.289. The fraction of sp³-hybridized carbons (Fsp3) is 0.211. The largest absolute Gasteiger partial charge is 0.492 e. The van der Waals surface area contributed by atoms with Crippen LogP contribution in [0, 0.1) is 0 Å². The highest BCUT2D eigenvalue weighted by Crippen LogP contribution is 2.37. The number of anilines is 1. The lowest BCUT2D eigenvalue weighted by molar-refractivity contribution is 0.0925. The number of hydrogen-bond donors (Lipinski definition) is 0. The molecule has 25 heavy (non-hydrogen) atoms. The summed E-state index contributed by atoms with van der Waals surface area (Å²) in [6.07, 6.45) is 1.35. The van der Waals surface area contributed by atoms with Crippen molar-refractivity contribution in [2.24, 2.45) is 4.99 Å². The number of carbonyl (C=O) groups excluding carboxylic acids is 2. The van der Waals surface area contributed by atoms with Gasteiger partial charge in [0.05, 0.1) is 35.7 Å². The molecule has 0 spiro atoms. The molecule has 2 aromatic rings. The van der Waals surface area contributed by atoms with Crippen molar-refractivity contribution in [1.29, 1.82) is 0 Å². The van der Waals surface area contributed by atoms with Crippen molar-refractivity contribution < 1.29 is 19.1 Å². The molecule has 2 aromatic carbocycles. The minimum Gasteiger partial charge on any atom is -0.492 e. The van der Waals surface area contributed by atoms with Gasteiger partial charge in [0.25, 0.3) is 11.8 Å². The lowest BCUT2D eigenvalue weighted by atomic mass is 10.1. The molecule has 0 atom stereocenters. The van der Waals surface area contributed by atoms with Crippen molar-refractivity contribution >= 4 is 29.6 Å². The predicted octanol–water partition coefficient (Wildman–Crippen LogP) is 3.58. The summed E-state index contributed by atoms with van der Waals surface area (Å²) in [6, 6.07) is 11.8. The lowest BCUT2D eigenvalue weighted by Crippen LogP contribution is -2.29. The number of amides is 2. The van der Waals surface area contributed by atoms with Crippen molar-refractivity contribution in [2.75, 3.05) is 18.1 Å². The number of carbonyl (C=O) groups is 2. The molecule has 2 amide bonds. The molecule has 0 fully saturated rings. The maximum absolute atomic E-state index is 12.7. The molecule has 0 saturated heterocycles. The van der Waals surface area contributed by atoms with E-state index in [0.717, 1.165) is 4.90 Å². The van der Waals surface area contributed by atoms with Gasteiger partial charge in [-0.15, -0.1) is 0 Å². The molecular weight excluding hydrogens is 320 g/mol. The van der Waals surface area contributed by atoms with Crippen LogP contribution in [0.25, 0.3) is 0 Å². The maximum atomic E-state index is 12.7. The van der Waals surface area contributed by atoms with Gasteiger partial charge in [-0.3, -0.25) is 9.59 Å². The topological polar surface area (TPSA) is 68.2 Å². The number of ether oxygens (including phenoxy) is 2. The molecule has 0 unspecified atom stereocenters. The van der Waals surface area contributed by atoms with E-state index in [1.165, 1.54) is 6.40 Å². The second-order valence-corrected chi connectivity index (χ2v) is 5.27. The van der Waals surface area contributed by atoms with Gasteiger partial charge in [0, 0.05) is 6.07 Å². The number of imide groups is 1. The molecule has 128 valence electrons. The summed E-state index contributed by atoms with van der Waals surface area (Å²) in [5, 5.41) is 0. The molecule has 1 heterocycles. The zero-order valence-corrected chi connectivity index (χ0v) is 14.1. The normalized spacial score (nSPS) is 13.4. The molecule has 6 heteroatoms. The maximum Gasteiger partial charge on any atom is 0.266 e. The fourth-order valence-corrected chi connectivity index (χ4v) is 2.62. The Balaban J connectivity index is 2.00. The van der Waals surface area contributed by atoms with Gasteiger partial charge in [0.1, 0.15) is 5.75 Å². The summed E-state index contributed by atoms with van der Waals surface area (Å²) >= 11 is 0. The summed E-state index contributed by atoms with van der Waals surface area (Å²) in [5.41, 5.74) is 1.81. The highest BCUT2D eigenvalue weighted by molar-refractivity contribution is 6.34. The van der Waals surface area contributed by atoms with Crippen LogP contribution in [0.4, 0.5) is 11.4 Å². The molecule has 0 saturated carbocycles. The van der Waals surface area contributed by atoms with Crippen LogP contribution in [0.15, 0.2) is 47.5 Å². The van der Waals surface area contributed by atoms with Crippen LogP contribution >= 0.6 is 0 Å². The van der Waals surface area contributed by atoms with Crippen molar-refractivity contribution in [3.63, 3.8) is 0 Å². The minimum absolute atomic E-state index is 0.355. The first kappa shape index (κ1) is 16.7. The fourth-order valence-electron chi connectivity index (χ4n) is 2.62. The van der Waals surface area contributed by atoms with Crippen LogP contribution < -0.4 is 9.64 Å². The Kier molecular flexibility index (Phi) is 4.79. The Bertz CT molecular complexity index is 810. The first-order valence-electron chi connectivity index (χ1n) is 8.06. The number of benzene rings is 2. The second kappa shape index (κ2) is 7.17. The number of hydrogen-bond acceptors (Lipinski definition) is 5. The average Bonchev–Trinajstić information content (AvgIpc) is 2.88. The number of nitrogens with zero attached hydrogens (tertiary/aromatic N) is 2. The molecular formula is C19H18N2O4. The molecule has 3 rings (SSSR count). The van der Waals surface area contributed by atoms with E-state index in [4.69, 9.17) is 9.47 Å². The van der Waals surface area contributed by atoms with Gasteiger partial charge in [-0.25, -0.2) is 9.89 Å². The summed E-state index contributed by atoms with van der Waals surface area (Å²) < 4.78 is 10.7. The van der Waals surface area contributed by atoms with E-state index in [1.54, 1.807) is 42.5 Å². The summed E-state index contributed by atoms with van der Waals surface area (Å²) in [6.45, 7) is 4.62. The van der Waals surface area contributed by atoms with Gasteiger partial charge < -0.3 is 9.47 Å². The van der Waals surface area contributed by atoms with Crippen molar-refractivity contribution in [2.45, 2.75) is 13.8 Å². The predicted molar refractivity (Wildman–Crippen MR) is 95.0 cm³/mol.